The van der Waals surface area contributed by atoms with Crippen molar-refractivity contribution < 1.29 is 0 Å². The fraction of sp³-hybridized carbons (Fsp3) is 0.625. The zero-order chi connectivity index (χ0) is 14.4. The van der Waals surface area contributed by atoms with Gasteiger partial charge in [0.15, 0.2) is 0 Å². The van der Waals surface area contributed by atoms with Gasteiger partial charge in [0, 0.05) is 16.6 Å². The lowest BCUT2D eigenvalue weighted by atomic mass is 9.95. The van der Waals surface area contributed by atoms with E-state index >= 15 is 0 Å². The Labute approximate surface area is 126 Å². The average molecular weight is 327 g/mol. The Bertz CT molecular complexity index is 362. The van der Waals surface area contributed by atoms with Crippen LogP contribution in [-0.2, 0) is 0 Å². The molecule has 1 rings (SSSR count). The average Bonchev–Trinajstić information content (AvgIpc) is 2.39. The van der Waals surface area contributed by atoms with Crippen molar-refractivity contribution in [1.82, 2.24) is 4.90 Å². The molecule has 0 aliphatic rings. The van der Waals surface area contributed by atoms with E-state index in [4.69, 9.17) is 5.73 Å². The smallest absolute Gasteiger partial charge is 0.0501 e. The van der Waals surface area contributed by atoms with Crippen molar-refractivity contribution in [1.29, 1.82) is 0 Å². The van der Waals surface area contributed by atoms with Crippen LogP contribution in [0.4, 0.5) is 0 Å². The monoisotopic (exact) mass is 326 g/mol. The van der Waals surface area contributed by atoms with Crippen LogP contribution < -0.4 is 5.73 Å². The lowest BCUT2D eigenvalue weighted by Gasteiger charge is -2.38. The lowest BCUT2D eigenvalue weighted by Crippen LogP contribution is -2.44. The fourth-order valence-corrected chi connectivity index (χ4v) is 2.81. The molecule has 108 valence electrons. The van der Waals surface area contributed by atoms with E-state index in [1.165, 1.54) is 5.56 Å². The van der Waals surface area contributed by atoms with Crippen LogP contribution in [0, 0.1) is 0 Å². The molecule has 2 nitrogen and oxygen atoms in total. The van der Waals surface area contributed by atoms with E-state index in [2.05, 4.69) is 72.8 Å². The highest BCUT2D eigenvalue weighted by Gasteiger charge is 2.26. The first-order valence-corrected chi connectivity index (χ1v) is 8.07. The van der Waals surface area contributed by atoms with Gasteiger partial charge in [0.1, 0.15) is 0 Å². The molecule has 0 aliphatic carbocycles. The first-order chi connectivity index (χ1) is 9.01. The highest BCUT2D eigenvalue weighted by atomic mass is 79.9. The van der Waals surface area contributed by atoms with Crippen LogP contribution in [0.2, 0.25) is 0 Å². The first kappa shape index (κ1) is 16.7. The molecule has 3 heteroatoms. The third kappa shape index (κ3) is 4.59. The molecule has 2 N–H and O–H groups in total. The zero-order valence-electron chi connectivity index (χ0n) is 12.6. The molecule has 1 aromatic rings. The maximum absolute atomic E-state index is 6.40. The van der Waals surface area contributed by atoms with Crippen molar-refractivity contribution in [2.24, 2.45) is 5.73 Å². The van der Waals surface area contributed by atoms with Gasteiger partial charge in [0.25, 0.3) is 0 Å². The van der Waals surface area contributed by atoms with Gasteiger partial charge >= 0.3 is 0 Å². The third-order valence-electron chi connectivity index (χ3n) is 3.59. The molecule has 0 fully saturated rings. The highest BCUT2D eigenvalue weighted by molar-refractivity contribution is 9.10. The number of nitrogens with two attached hydrogens (primary N) is 1. The number of rotatable bonds is 7. The van der Waals surface area contributed by atoms with Crippen LogP contribution >= 0.6 is 15.9 Å². The Morgan fingerprint density at radius 3 is 2.16 bits per heavy atom. The van der Waals surface area contributed by atoms with Crippen LogP contribution in [0.5, 0.6) is 0 Å². The second-order valence-electron chi connectivity index (χ2n) is 5.40. The van der Waals surface area contributed by atoms with Gasteiger partial charge in [0.2, 0.25) is 0 Å². The Hall–Kier alpha value is -0.380. The predicted octanol–water partition coefficient (Wildman–Crippen LogP) is 4.35. The predicted molar refractivity (Wildman–Crippen MR) is 87.3 cm³/mol. The van der Waals surface area contributed by atoms with Gasteiger partial charge in [-0.15, -0.1) is 0 Å². The summed E-state index contributed by atoms with van der Waals surface area (Å²) in [5.74, 6) is 0. The number of hydrogen-bond acceptors (Lipinski definition) is 2. The van der Waals surface area contributed by atoms with Gasteiger partial charge in [-0.2, -0.15) is 0 Å². The Morgan fingerprint density at radius 2 is 1.74 bits per heavy atom. The minimum Gasteiger partial charge on any atom is -0.326 e. The van der Waals surface area contributed by atoms with Gasteiger partial charge < -0.3 is 5.73 Å². The molecule has 0 aliphatic heterocycles. The number of hydrogen-bond donors (Lipinski definition) is 1. The summed E-state index contributed by atoms with van der Waals surface area (Å²) in [6.07, 6.45) is 2.15. The summed E-state index contributed by atoms with van der Waals surface area (Å²) in [5, 5.41) is 0. The molecule has 0 saturated heterocycles. The molecule has 0 bridgehead atoms. The summed E-state index contributed by atoms with van der Waals surface area (Å²) >= 11 is 3.50. The molecule has 0 saturated carbocycles. The molecular weight excluding hydrogens is 300 g/mol. The molecule has 0 amide bonds. The molecule has 0 aromatic heterocycles. The Balaban J connectivity index is 3.08. The van der Waals surface area contributed by atoms with E-state index in [1.54, 1.807) is 0 Å². The summed E-state index contributed by atoms with van der Waals surface area (Å²) in [5.41, 5.74) is 7.72. The normalized spacial score (nSPS) is 14.9. The molecule has 2 atom stereocenters. The summed E-state index contributed by atoms with van der Waals surface area (Å²) < 4.78 is 1.12. The standard InChI is InChI=1S/C16H27BrN2/c1-5-11-19(12(3)4)16(15(18)6-2)13-7-9-14(17)10-8-13/h7-10,12,15-16H,5-6,11,18H2,1-4H3. The van der Waals surface area contributed by atoms with E-state index in [0.29, 0.717) is 12.1 Å². The molecule has 0 heterocycles. The molecule has 1 aromatic carbocycles. The van der Waals surface area contributed by atoms with Crippen LogP contribution in [0.1, 0.15) is 52.1 Å². The first-order valence-electron chi connectivity index (χ1n) is 7.28. The summed E-state index contributed by atoms with van der Waals surface area (Å²) in [7, 11) is 0. The second-order valence-corrected chi connectivity index (χ2v) is 6.32. The third-order valence-corrected chi connectivity index (χ3v) is 4.12. The van der Waals surface area contributed by atoms with E-state index in [0.717, 1.165) is 23.9 Å². The van der Waals surface area contributed by atoms with Crippen LogP contribution in [-0.4, -0.2) is 23.5 Å². The molecule has 0 radical (unpaired) electrons. The van der Waals surface area contributed by atoms with Crippen molar-refractivity contribution in [3.63, 3.8) is 0 Å². The van der Waals surface area contributed by atoms with Gasteiger partial charge in [-0.25, -0.2) is 0 Å². The quantitative estimate of drug-likeness (QED) is 0.807. The second kappa shape index (κ2) is 8.03. The number of benzene rings is 1. The van der Waals surface area contributed by atoms with Gasteiger partial charge in [0.05, 0.1) is 6.04 Å². The van der Waals surface area contributed by atoms with Crippen LogP contribution in [0.15, 0.2) is 28.7 Å². The number of nitrogens with zero attached hydrogens (tertiary/aromatic N) is 1. The van der Waals surface area contributed by atoms with E-state index < -0.39 is 0 Å². The van der Waals surface area contributed by atoms with Crippen molar-refractivity contribution in [3.05, 3.63) is 34.3 Å². The van der Waals surface area contributed by atoms with Crippen molar-refractivity contribution in [2.75, 3.05) is 6.54 Å². The van der Waals surface area contributed by atoms with E-state index in [9.17, 15) is 0 Å². The largest absolute Gasteiger partial charge is 0.326 e. The van der Waals surface area contributed by atoms with Crippen molar-refractivity contribution in [3.8, 4) is 0 Å². The van der Waals surface area contributed by atoms with Gasteiger partial charge in [-0.3, -0.25) is 4.90 Å². The fourth-order valence-electron chi connectivity index (χ4n) is 2.54. The molecular formula is C16H27BrN2. The Morgan fingerprint density at radius 1 is 1.16 bits per heavy atom. The van der Waals surface area contributed by atoms with E-state index in [1.807, 2.05) is 0 Å². The van der Waals surface area contributed by atoms with Crippen LogP contribution in [0.3, 0.4) is 0 Å². The van der Waals surface area contributed by atoms with Crippen LogP contribution in [0.25, 0.3) is 0 Å². The summed E-state index contributed by atoms with van der Waals surface area (Å²) in [4.78, 5) is 2.53. The van der Waals surface area contributed by atoms with Gasteiger partial charge in [-0.05, 0) is 50.9 Å². The van der Waals surface area contributed by atoms with Crippen molar-refractivity contribution in [2.45, 2.75) is 58.7 Å². The SMILES string of the molecule is CCCN(C(C)C)C(c1ccc(Br)cc1)C(N)CC. The Kier molecular flexibility index (Phi) is 7.05. The molecule has 0 spiro atoms. The minimum absolute atomic E-state index is 0.176. The van der Waals surface area contributed by atoms with E-state index in [-0.39, 0.29) is 6.04 Å². The minimum atomic E-state index is 0.176. The lowest BCUT2D eigenvalue weighted by molar-refractivity contribution is 0.130. The molecule has 2 unspecified atom stereocenters. The maximum Gasteiger partial charge on any atom is 0.0501 e. The van der Waals surface area contributed by atoms with Crippen molar-refractivity contribution >= 4 is 15.9 Å². The topological polar surface area (TPSA) is 29.3 Å². The maximum atomic E-state index is 6.40. The van der Waals surface area contributed by atoms with Gasteiger partial charge in [-0.1, -0.05) is 41.9 Å². The summed E-state index contributed by atoms with van der Waals surface area (Å²) in [6.45, 7) is 9.99. The summed E-state index contributed by atoms with van der Waals surface area (Å²) in [6, 6.07) is 9.58. The molecule has 19 heavy (non-hydrogen) atoms. The zero-order valence-corrected chi connectivity index (χ0v) is 14.2. The number of halogens is 1. The highest BCUT2D eigenvalue weighted by Crippen LogP contribution is 2.28.